The van der Waals surface area contributed by atoms with Crippen molar-refractivity contribution >= 4 is 41.5 Å². The summed E-state index contributed by atoms with van der Waals surface area (Å²) in [4.78, 5) is 6.94. The van der Waals surface area contributed by atoms with Crippen LogP contribution in [0.4, 0.5) is 0 Å². The van der Waals surface area contributed by atoms with E-state index in [1.807, 2.05) is 31.3 Å². The average molecular weight is 482 g/mol. The molecule has 1 aromatic carbocycles. The highest BCUT2D eigenvalue weighted by Crippen LogP contribution is 2.24. The number of hydrogen-bond donors (Lipinski definition) is 1. The molecule has 0 spiro atoms. The minimum absolute atomic E-state index is 0. The largest absolute Gasteiger partial charge is 0.381 e. The number of benzene rings is 1. The molecule has 25 heavy (non-hydrogen) atoms. The van der Waals surface area contributed by atoms with Crippen LogP contribution in [0.2, 0.25) is 5.02 Å². The zero-order chi connectivity index (χ0) is 17.4. The number of hydrogen-bond acceptors (Lipinski definition) is 3. The van der Waals surface area contributed by atoms with Gasteiger partial charge in [0, 0.05) is 58.3 Å². The van der Waals surface area contributed by atoms with E-state index >= 15 is 0 Å². The first kappa shape index (κ1) is 22.5. The molecule has 1 N–H and O–H groups in total. The van der Waals surface area contributed by atoms with Crippen LogP contribution in [0.5, 0.6) is 0 Å². The molecule has 0 atom stereocenters. The lowest BCUT2D eigenvalue weighted by Crippen LogP contribution is -2.44. The van der Waals surface area contributed by atoms with Gasteiger partial charge in [-0.2, -0.15) is 0 Å². The number of rotatable bonds is 6. The van der Waals surface area contributed by atoms with Crippen molar-refractivity contribution in [1.82, 2.24) is 10.2 Å². The highest BCUT2D eigenvalue weighted by molar-refractivity contribution is 14.0. The first-order valence-electron chi connectivity index (χ1n) is 8.45. The second-order valence-electron chi connectivity index (χ2n) is 6.15. The van der Waals surface area contributed by atoms with Crippen LogP contribution in [0.25, 0.3) is 0 Å². The van der Waals surface area contributed by atoms with Gasteiger partial charge in [0.05, 0.1) is 12.1 Å². The van der Waals surface area contributed by atoms with Gasteiger partial charge in [0.15, 0.2) is 5.96 Å². The van der Waals surface area contributed by atoms with Crippen molar-refractivity contribution in [2.75, 3.05) is 40.5 Å². The van der Waals surface area contributed by atoms with Gasteiger partial charge < -0.3 is 19.7 Å². The molecule has 0 aromatic heterocycles. The van der Waals surface area contributed by atoms with Gasteiger partial charge in [-0.1, -0.05) is 23.7 Å². The van der Waals surface area contributed by atoms with Gasteiger partial charge in [-0.15, -0.1) is 24.0 Å². The lowest BCUT2D eigenvalue weighted by molar-refractivity contribution is -0.0829. The average Bonchev–Trinajstić information content (AvgIpc) is 2.61. The third-order valence-corrected chi connectivity index (χ3v) is 4.64. The zero-order valence-electron chi connectivity index (χ0n) is 15.3. The SMILES string of the molecule is CCNC(=NCC1(OC)CCOCC1)N(C)Cc1ccc(Cl)cc1.I. The van der Waals surface area contributed by atoms with Crippen LogP contribution in [-0.4, -0.2) is 56.9 Å². The van der Waals surface area contributed by atoms with E-state index in [1.165, 1.54) is 5.56 Å². The summed E-state index contributed by atoms with van der Waals surface area (Å²) in [6, 6.07) is 7.91. The van der Waals surface area contributed by atoms with Gasteiger partial charge in [0.1, 0.15) is 0 Å². The molecule has 1 aromatic rings. The first-order valence-corrected chi connectivity index (χ1v) is 8.83. The zero-order valence-corrected chi connectivity index (χ0v) is 18.3. The van der Waals surface area contributed by atoms with Crippen LogP contribution in [-0.2, 0) is 16.0 Å². The van der Waals surface area contributed by atoms with E-state index < -0.39 is 0 Å². The third kappa shape index (κ3) is 6.92. The molecule has 0 unspecified atom stereocenters. The number of ether oxygens (including phenoxy) is 2. The predicted octanol–water partition coefficient (Wildman–Crippen LogP) is 3.55. The second kappa shape index (κ2) is 11.2. The Morgan fingerprint density at radius 2 is 1.96 bits per heavy atom. The number of aliphatic imine (C=N–C) groups is 1. The van der Waals surface area contributed by atoms with Gasteiger partial charge in [0.2, 0.25) is 0 Å². The molecule has 0 bridgehead atoms. The summed E-state index contributed by atoms with van der Waals surface area (Å²) >= 11 is 5.95. The lowest BCUT2D eigenvalue weighted by atomic mass is 9.94. The van der Waals surface area contributed by atoms with E-state index in [1.54, 1.807) is 7.11 Å². The van der Waals surface area contributed by atoms with Crippen LogP contribution in [0.3, 0.4) is 0 Å². The Kier molecular flexibility index (Phi) is 10.1. The number of nitrogens with one attached hydrogen (secondary N) is 1. The van der Waals surface area contributed by atoms with Gasteiger partial charge in [-0.3, -0.25) is 4.99 Å². The van der Waals surface area contributed by atoms with Crippen LogP contribution in [0.15, 0.2) is 29.3 Å². The van der Waals surface area contributed by atoms with E-state index in [-0.39, 0.29) is 29.6 Å². The van der Waals surface area contributed by atoms with Crippen LogP contribution in [0.1, 0.15) is 25.3 Å². The predicted molar refractivity (Wildman–Crippen MR) is 114 cm³/mol. The van der Waals surface area contributed by atoms with E-state index in [4.69, 9.17) is 26.1 Å². The number of methoxy groups -OCH3 is 1. The number of guanidine groups is 1. The molecular formula is C18H29ClIN3O2. The van der Waals surface area contributed by atoms with Gasteiger partial charge >= 0.3 is 0 Å². The maximum absolute atomic E-state index is 5.95. The van der Waals surface area contributed by atoms with E-state index in [0.29, 0.717) is 6.54 Å². The topological polar surface area (TPSA) is 46.1 Å². The van der Waals surface area contributed by atoms with Crippen LogP contribution < -0.4 is 5.32 Å². The van der Waals surface area contributed by atoms with Crippen LogP contribution >= 0.6 is 35.6 Å². The van der Waals surface area contributed by atoms with Crippen molar-refractivity contribution in [2.45, 2.75) is 31.9 Å². The molecule has 142 valence electrons. The first-order chi connectivity index (χ1) is 11.6. The maximum Gasteiger partial charge on any atom is 0.194 e. The standard InChI is InChI=1S/C18H28ClN3O2.HI/c1-4-20-17(21-14-18(23-3)9-11-24-12-10-18)22(2)13-15-5-7-16(19)8-6-15;/h5-8H,4,9-14H2,1-3H3,(H,20,21);1H. The maximum atomic E-state index is 5.95. The second-order valence-corrected chi connectivity index (χ2v) is 6.59. The molecule has 2 rings (SSSR count). The van der Waals surface area contributed by atoms with E-state index in [9.17, 15) is 0 Å². The monoisotopic (exact) mass is 481 g/mol. The van der Waals surface area contributed by atoms with Crippen molar-refractivity contribution in [3.63, 3.8) is 0 Å². The molecule has 1 saturated heterocycles. The molecule has 0 aliphatic carbocycles. The van der Waals surface area contributed by atoms with Gasteiger partial charge in [-0.25, -0.2) is 0 Å². The minimum Gasteiger partial charge on any atom is -0.381 e. The Morgan fingerprint density at radius 3 is 2.52 bits per heavy atom. The fourth-order valence-corrected chi connectivity index (χ4v) is 2.92. The highest BCUT2D eigenvalue weighted by Gasteiger charge is 2.32. The summed E-state index contributed by atoms with van der Waals surface area (Å²) in [7, 11) is 3.81. The molecule has 1 fully saturated rings. The molecule has 1 heterocycles. The lowest BCUT2D eigenvalue weighted by Gasteiger charge is -2.35. The fraction of sp³-hybridized carbons (Fsp3) is 0.611. The Hall–Kier alpha value is -0.570. The molecule has 0 radical (unpaired) electrons. The summed E-state index contributed by atoms with van der Waals surface area (Å²) in [5.41, 5.74) is 0.986. The number of halogens is 2. The summed E-state index contributed by atoms with van der Waals surface area (Å²) < 4.78 is 11.2. The Labute approximate surface area is 173 Å². The summed E-state index contributed by atoms with van der Waals surface area (Å²) in [6.45, 7) is 5.78. The molecule has 1 aliphatic heterocycles. The molecule has 5 nitrogen and oxygen atoms in total. The quantitative estimate of drug-likeness (QED) is 0.383. The minimum atomic E-state index is -0.208. The van der Waals surface area contributed by atoms with Crippen LogP contribution in [0, 0.1) is 0 Å². The van der Waals surface area contributed by atoms with E-state index in [0.717, 1.165) is 50.1 Å². The summed E-state index contributed by atoms with van der Waals surface area (Å²) in [6.07, 6.45) is 1.76. The molecule has 0 saturated carbocycles. The van der Waals surface area contributed by atoms with E-state index in [2.05, 4.69) is 17.1 Å². The smallest absolute Gasteiger partial charge is 0.194 e. The normalized spacial score (nSPS) is 16.9. The summed E-state index contributed by atoms with van der Waals surface area (Å²) in [5, 5.41) is 4.11. The molecule has 1 aliphatic rings. The van der Waals surface area contributed by atoms with Gasteiger partial charge in [-0.05, 0) is 24.6 Å². The number of nitrogens with zero attached hydrogens (tertiary/aromatic N) is 2. The highest BCUT2D eigenvalue weighted by atomic mass is 127. The van der Waals surface area contributed by atoms with Gasteiger partial charge in [0.25, 0.3) is 0 Å². The fourth-order valence-electron chi connectivity index (χ4n) is 2.80. The third-order valence-electron chi connectivity index (χ3n) is 4.38. The van der Waals surface area contributed by atoms with Crippen molar-refractivity contribution in [3.05, 3.63) is 34.9 Å². The molecular weight excluding hydrogens is 453 g/mol. The Balaban J connectivity index is 0.00000312. The summed E-state index contributed by atoms with van der Waals surface area (Å²) in [5.74, 6) is 0.885. The van der Waals surface area contributed by atoms with Crippen molar-refractivity contribution in [1.29, 1.82) is 0 Å². The molecule has 0 amide bonds. The van der Waals surface area contributed by atoms with Crippen molar-refractivity contribution < 1.29 is 9.47 Å². The molecule has 7 heteroatoms. The Morgan fingerprint density at radius 1 is 1.32 bits per heavy atom. The Bertz CT molecular complexity index is 534. The van der Waals surface area contributed by atoms with Crippen molar-refractivity contribution in [3.8, 4) is 0 Å². The van der Waals surface area contributed by atoms with Crippen molar-refractivity contribution in [2.24, 2.45) is 4.99 Å².